The van der Waals surface area contributed by atoms with Crippen LogP contribution < -0.4 is 21.5 Å². The normalized spacial score (nSPS) is 10.9. The van der Waals surface area contributed by atoms with Crippen LogP contribution in [-0.2, 0) is 4.74 Å². The molecule has 11 heteroatoms. The van der Waals surface area contributed by atoms with Crippen molar-refractivity contribution < 1.29 is 14.6 Å². The maximum absolute atomic E-state index is 12.2. The Balaban J connectivity index is 1.66. The minimum Gasteiger partial charge on any atom is -0.502 e. The van der Waals surface area contributed by atoms with Gasteiger partial charge in [0.05, 0.1) is 6.61 Å². The number of aromatic amines is 1. The lowest BCUT2D eigenvalue weighted by Crippen LogP contribution is -2.32. The summed E-state index contributed by atoms with van der Waals surface area (Å²) in [7, 11) is 1.56. The monoisotopic (exact) mass is 434 g/mol. The van der Waals surface area contributed by atoms with E-state index >= 15 is 0 Å². The summed E-state index contributed by atoms with van der Waals surface area (Å²) in [5.41, 5.74) is 1.12. The number of nitrogens with zero attached hydrogens (tertiary/aromatic N) is 3. The Kier molecular flexibility index (Phi) is 5.73. The lowest BCUT2D eigenvalue weighted by atomic mass is 10.00. The molecule has 0 radical (unpaired) electrons. The molecule has 3 aromatic carbocycles. The van der Waals surface area contributed by atoms with Crippen molar-refractivity contribution in [1.29, 1.82) is 0 Å². The SMILES string of the molecule is COCCNC(=O)c1ccc(-c2cc(Nc3c(O)c(=O)c3=O)cc(-c3nn[nH]n3)c2)cc1. The third-order valence-corrected chi connectivity index (χ3v) is 4.76. The number of rotatable bonds is 8. The summed E-state index contributed by atoms with van der Waals surface area (Å²) in [6.45, 7) is 0.825. The Morgan fingerprint density at radius 1 is 1.06 bits per heavy atom. The molecule has 0 aliphatic rings. The van der Waals surface area contributed by atoms with Crippen molar-refractivity contribution in [2.45, 2.75) is 0 Å². The molecule has 0 bridgehead atoms. The van der Waals surface area contributed by atoms with E-state index < -0.39 is 16.6 Å². The molecule has 0 atom stereocenters. The van der Waals surface area contributed by atoms with Crippen LogP contribution in [0.3, 0.4) is 0 Å². The van der Waals surface area contributed by atoms with E-state index in [1.165, 1.54) is 0 Å². The Hall–Kier alpha value is -4.38. The van der Waals surface area contributed by atoms with E-state index in [0.29, 0.717) is 35.8 Å². The lowest BCUT2D eigenvalue weighted by molar-refractivity contribution is 0.0937. The van der Waals surface area contributed by atoms with Crippen molar-refractivity contribution in [2.75, 3.05) is 25.6 Å². The topological polar surface area (TPSA) is 159 Å². The molecule has 4 N–H and O–H groups in total. The van der Waals surface area contributed by atoms with E-state index in [1.807, 2.05) is 6.07 Å². The molecule has 0 aliphatic carbocycles. The molecule has 162 valence electrons. The Bertz CT molecular complexity index is 1320. The number of carbonyl (C=O) groups excluding carboxylic acids is 1. The van der Waals surface area contributed by atoms with Crippen LogP contribution in [0.25, 0.3) is 22.5 Å². The van der Waals surface area contributed by atoms with Crippen LogP contribution in [0.15, 0.2) is 52.1 Å². The van der Waals surface area contributed by atoms with Gasteiger partial charge in [0.1, 0.15) is 5.69 Å². The van der Waals surface area contributed by atoms with Gasteiger partial charge in [-0.25, -0.2) is 0 Å². The summed E-state index contributed by atoms with van der Waals surface area (Å²) in [5, 5.41) is 29.1. The number of nitrogens with one attached hydrogen (secondary N) is 3. The first kappa shape index (κ1) is 20.9. The van der Waals surface area contributed by atoms with E-state index in [1.54, 1.807) is 43.5 Å². The minimum atomic E-state index is -0.929. The summed E-state index contributed by atoms with van der Waals surface area (Å²) in [4.78, 5) is 35.2. The van der Waals surface area contributed by atoms with Gasteiger partial charge in [-0.05, 0) is 46.7 Å². The number of aromatic nitrogens is 4. The van der Waals surface area contributed by atoms with Crippen molar-refractivity contribution in [3.63, 3.8) is 0 Å². The fourth-order valence-electron chi connectivity index (χ4n) is 3.10. The molecule has 32 heavy (non-hydrogen) atoms. The van der Waals surface area contributed by atoms with Gasteiger partial charge in [-0.1, -0.05) is 12.1 Å². The van der Waals surface area contributed by atoms with Crippen LogP contribution in [0.4, 0.5) is 11.4 Å². The van der Waals surface area contributed by atoms with Gasteiger partial charge in [-0.2, -0.15) is 5.21 Å². The number of amides is 1. The summed E-state index contributed by atoms with van der Waals surface area (Å²) < 4.78 is 4.92. The highest BCUT2D eigenvalue weighted by Crippen LogP contribution is 2.31. The molecule has 0 unspecified atom stereocenters. The largest absolute Gasteiger partial charge is 0.502 e. The average Bonchev–Trinajstić information content (AvgIpc) is 3.37. The number of ether oxygens (including phenoxy) is 1. The molecular formula is C21H18N6O5. The first-order valence-corrected chi connectivity index (χ1v) is 9.53. The van der Waals surface area contributed by atoms with Crippen LogP contribution in [-0.4, -0.2) is 51.9 Å². The Morgan fingerprint density at radius 3 is 2.47 bits per heavy atom. The van der Waals surface area contributed by atoms with Gasteiger partial charge < -0.3 is 20.5 Å². The zero-order chi connectivity index (χ0) is 22.7. The highest BCUT2D eigenvalue weighted by atomic mass is 16.5. The maximum atomic E-state index is 12.2. The first-order chi connectivity index (χ1) is 15.5. The molecule has 4 rings (SSSR count). The van der Waals surface area contributed by atoms with Crippen molar-refractivity contribution in [1.82, 2.24) is 25.9 Å². The lowest BCUT2D eigenvalue weighted by Gasteiger charge is -2.13. The van der Waals surface area contributed by atoms with Crippen LogP contribution >= 0.6 is 0 Å². The highest BCUT2D eigenvalue weighted by molar-refractivity contribution is 5.94. The van der Waals surface area contributed by atoms with Gasteiger partial charge in [-0.3, -0.25) is 14.4 Å². The standard InChI is InChI=1S/C21H18N6O5/c1-32-7-6-22-21(31)12-4-2-11(3-5-12)13-8-14(20-24-26-27-25-20)10-15(9-13)23-16-17(28)19(30)18(16)29/h2-5,8-10,23,28H,6-7H2,1H3,(H,22,31)(H,24,25,26,27). The maximum Gasteiger partial charge on any atom is 0.271 e. The van der Waals surface area contributed by atoms with Crippen molar-refractivity contribution in [2.24, 2.45) is 0 Å². The Labute approximate surface area is 180 Å². The van der Waals surface area contributed by atoms with Crippen LogP contribution in [0.5, 0.6) is 5.75 Å². The number of benzene rings is 2. The summed E-state index contributed by atoms with van der Waals surface area (Å²) in [6.07, 6.45) is 0. The van der Waals surface area contributed by atoms with E-state index in [4.69, 9.17) is 4.74 Å². The first-order valence-electron chi connectivity index (χ1n) is 9.53. The van der Waals surface area contributed by atoms with E-state index in [-0.39, 0.29) is 11.6 Å². The van der Waals surface area contributed by atoms with Crippen LogP contribution in [0.1, 0.15) is 10.4 Å². The van der Waals surface area contributed by atoms with Gasteiger partial charge >= 0.3 is 0 Å². The molecule has 0 spiro atoms. The molecule has 0 saturated carbocycles. The van der Waals surface area contributed by atoms with Gasteiger partial charge in [0.15, 0.2) is 5.75 Å². The van der Waals surface area contributed by atoms with Crippen molar-refractivity contribution in [3.8, 4) is 28.3 Å². The van der Waals surface area contributed by atoms with E-state index in [0.717, 1.165) is 11.1 Å². The van der Waals surface area contributed by atoms with Crippen LogP contribution in [0.2, 0.25) is 0 Å². The smallest absolute Gasteiger partial charge is 0.271 e. The number of hydrogen-bond acceptors (Lipinski definition) is 9. The molecule has 0 fully saturated rings. The molecule has 1 aromatic heterocycles. The summed E-state index contributed by atoms with van der Waals surface area (Å²) in [6, 6.07) is 12.1. The van der Waals surface area contributed by atoms with Gasteiger partial charge in [0.2, 0.25) is 5.82 Å². The average molecular weight is 434 g/mol. The van der Waals surface area contributed by atoms with Crippen molar-refractivity contribution in [3.05, 3.63) is 68.5 Å². The second-order valence-corrected chi connectivity index (χ2v) is 6.87. The predicted molar refractivity (Wildman–Crippen MR) is 116 cm³/mol. The third kappa shape index (κ3) is 4.09. The fourth-order valence-corrected chi connectivity index (χ4v) is 3.10. The number of H-pyrrole nitrogens is 1. The zero-order valence-corrected chi connectivity index (χ0v) is 16.9. The van der Waals surface area contributed by atoms with E-state index in [2.05, 4.69) is 31.3 Å². The highest BCUT2D eigenvalue weighted by Gasteiger charge is 2.20. The molecule has 1 amide bonds. The van der Waals surface area contributed by atoms with Gasteiger partial charge in [0, 0.05) is 30.5 Å². The molecule has 11 nitrogen and oxygen atoms in total. The second kappa shape index (κ2) is 8.78. The van der Waals surface area contributed by atoms with Crippen molar-refractivity contribution >= 4 is 17.3 Å². The predicted octanol–water partition coefficient (Wildman–Crippen LogP) is 0.955. The molecular weight excluding hydrogens is 416 g/mol. The van der Waals surface area contributed by atoms with Gasteiger partial charge in [-0.15, -0.1) is 10.2 Å². The Morgan fingerprint density at radius 2 is 1.81 bits per heavy atom. The minimum absolute atomic E-state index is 0.172. The number of carbonyl (C=O) groups is 1. The van der Waals surface area contributed by atoms with Gasteiger partial charge in [0.25, 0.3) is 16.8 Å². The summed E-state index contributed by atoms with van der Waals surface area (Å²) in [5.74, 6) is -0.504. The number of methoxy groups -OCH3 is 1. The second-order valence-electron chi connectivity index (χ2n) is 6.87. The molecule has 0 saturated heterocycles. The molecule has 0 aliphatic heterocycles. The number of tetrazole rings is 1. The van der Waals surface area contributed by atoms with Crippen LogP contribution in [0, 0.1) is 0 Å². The summed E-state index contributed by atoms with van der Waals surface area (Å²) >= 11 is 0. The number of anilines is 2. The van der Waals surface area contributed by atoms with E-state index in [9.17, 15) is 19.5 Å². The molecule has 4 aromatic rings. The quantitative estimate of drug-likeness (QED) is 0.234. The fraction of sp³-hybridized carbons (Fsp3) is 0.143. The zero-order valence-electron chi connectivity index (χ0n) is 16.9. The molecule has 1 heterocycles. The number of aromatic hydroxyl groups is 1. The number of hydrogen-bond donors (Lipinski definition) is 4. The third-order valence-electron chi connectivity index (χ3n) is 4.76.